The summed E-state index contributed by atoms with van der Waals surface area (Å²) in [6.45, 7) is 2.12. The van der Waals surface area contributed by atoms with Gasteiger partial charge in [-0.05, 0) is 55.0 Å². The van der Waals surface area contributed by atoms with Gasteiger partial charge in [0.25, 0.3) is 5.91 Å². The van der Waals surface area contributed by atoms with Gasteiger partial charge in [-0.2, -0.15) is 0 Å². The van der Waals surface area contributed by atoms with Crippen molar-refractivity contribution in [2.45, 2.75) is 6.92 Å². The number of ether oxygens (including phenoxy) is 2. The minimum Gasteiger partial charge on any atom is -0.454 e. The Hall–Kier alpha value is -3.25. The number of amides is 1. The summed E-state index contributed by atoms with van der Waals surface area (Å²) in [6, 6.07) is 14.3. The van der Waals surface area contributed by atoms with Crippen LogP contribution in [0.15, 0.2) is 54.7 Å². The highest BCUT2D eigenvalue weighted by Crippen LogP contribution is 2.35. The van der Waals surface area contributed by atoms with Crippen LogP contribution in [0.2, 0.25) is 5.02 Å². The van der Waals surface area contributed by atoms with Gasteiger partial charge in [-0.15, -0.1) is 0 Å². The van der Waals surface area contributed by atoms with Gasteiger partial charge < -0.3 is 20.1 Å². The van der Waals surface area contributed by atoms with Gasteiger partial charge in [0.1, 0.15) is 5.69 Å². The second-order valence-corrected chi connectivity index (χ2v) is 6.47. The molecule has 2 aromatic carbocycles. The highest BCUT2D eigenvalue weighted by molar-refractivity contribution is 6.30. The van der Waals surface area contributed by atoms with Gasteiger partial charge in [0.15, 0.2) is 11.5 Å². The number of hydrogen-bond acceptors (Lipinski definition) is 5. The number of pyridine rings is 1. The summed E-state index contributed by atoms with van der Waals surface area (Å²) in [7, 11) is 0. The maximum absolute atomic E-state index is 12.4. The van der Waals surface area contributed by atoms with Gasteiger partial charge in [-0.3, -0.25) is 4.79 Å². The second-order valence-electron chi connectivity index (χ2n) is 6.04. The number of halogens is 1. The Bertz CT molecular complexity index is 1010. The number of nitrogens with zero attached hydrogens (tertiary/aromatic N) is 1. The van der Waals surface area contributed by atoms with Crippen LogP contribution in [-0.2, 0) is 0 Å². The van der Waals surface area contributed by atoms with Crippen LogP contribution in [0, 0.1) is 6.92 Å². The highest BCUT2D eigenvalue weighted by Gasteiger charge is 2.14. The van der Waals surface area contributed by atoms with Crippen molar-refractivity contribution in [1.29, 1.82) is 0 Å². The number of carbonyl (C=O) groups excluding carboxylic acids is 1. The molecule has 2 heterocycles. The average molecular weight is 382 g/mol. The van der Waals surface area contributed by atoms with Crippen LogP contribution >= 0.6 is 11.6 Å². The molecule has 1 aliphatic heterocycles. The first-order valence-electron chi connectivity index (χ1n) is 8.29. The summed E-state index contributed by atoms with van der Waals surface area (Å²) in [6.07, 6.45) is 1.61. The van der Waals surface area contributed by atoms with Crippen LogP contribution in [0.3, 0.4) is 0 Å². The van der Waals surface area contributed by atoms with E-state index in [4.69, 9.17) is 21.1 Å². The van der Waals surface area contributed by atoms with E-state index in [1.54, 1.807) is 36.5 Å². The van der Waals surface area contributed by atoms with Crippen molar-refractivity contribution in [3.63, 3.8) is 0 Å². The lowest BCUT2D eigenvalue weighted by molar-refractivity contribution is 0.102. The molecule has 1 aromatic heterocycles. The molecular formula is C20H16ClN3O3. The van der Waals surface area contributed by atoms with Gasteiger partial charge in [-0.1, -0.05) is 11.6 Å². The topological polar surface area (TPSA) is 72.5 Å². The third kappa shape index (κ3) is 3.80. The fourth-order valence-electron chi connectivity index (χ4n) is 2.70. The number of fused-ring (bicyclic) bond motifs is 1. The third-order valence-electron chi connectivity index (χ3n) is 4.09. The van der Waals surface area contributed by atoms with Crippen molar-refractivity contribution in [3.05, 3.63) is 71.0 Å². The molecule has 0 spiro atoms. The second kappa shape index (κ2) is 7.17. The van der Waals surface area contributed by atoms with E-state index in [2.05, 4.69) is 15.6 Å². The zero-order chi connectivity index (χ0) is 18.8. The fraction of sp³-hybridized carbons (Fsp3) is 0.100. The fourth-order valence-corrected chi connectivity index (χ4v) is 2.92. The third-order valence-corrected chi connectivity index (χ3v) is 4.33. The summed E-state index contributed by atoms with van der Waals surface area (Å²) < 4.78 is 10.7. The number of nitrogens with one attached hydrogen (secondary N) is 2. The summed E-state index contributed by atoms with van der Waals surface area (Å²) in [5.41, 5.74) is 3.51. The lowest BCUT2D eigenvalue weighted by Gasteiger charge is -2.10. The molecule has 0 atom stereocenters. The molecule has 0 saturated carbocycles. The number of anilines is 3. The minimum atomic E-state index is -0.282. The first kappa shape index (κ1) is 17.2. The number of aryl methyl sites for hydroxylation is 1. The Kier molecular flexibility index (Phi) is 4.56. The summed E-state index contributed by atoms with van der Waals surface area (Å²) in [5.74, 6) is 1.14. The lowest BCUT2D eigenvalue weighted by Crippen LogP contribution is -2.14. The monoisotopic (exact) mass is 381 g/mol. The standard InChI is InChI=1S/C20H16ClN3O3/c1-12-8-13(21)2-5-16(12)24-20(25)17-6-3-15(10-22-17)23-14-4-7-18-19(9-14)27-11-26-18/h2-10,23H,11H2,1H3,(H,24,25). The van der Waals surface area contributed by atoms with Crippen LogP contribution in [0.1, 0.15) is 16.1 Å². The van der Waals surface area contributed by atoms with Crippen molar-refractivity contribution < 1.29 is 14.3 Å². The molecular weight excluding hydrogens is 366 g/mol. The first-order chi connectivity index (χ1) is 13.1. The Morgan fingerprint density at radius 3 is 2.63 bits per heavy atom. The van der Waals surface area contributed by atoms with E-state index < -0.39 is 0 Å². The Labute approximate surface area is 161 Å². The molecule has 3 aromatic rings. The van der Waals surface area contributed by atoms with Crippen LogP contribution in [-0.4, -0.2) is 17.7 Å². The lowest BCUT2D eigenvalue weighted by atomic mass is 10.2. The number of rotatable bonds is 4. The maximum Gasteiger partial charge on any atom is 0.274 e. The van der Waals surface area contributed by atoms with Crippen molar-refractivity contribution in [2.24, 2.45) is 0 Å². The van der Waals surface area contributed by atoms with Crippen molar-refractivity contribution >= 4 is 34.6 Å². The zero-order valence-electron chi connectivity index (χ0n) is 14.5. The van der Waals surface area contributed by atoms with Crippen LogP contribution in [0.4, 0.5) is 17.1 Å². The first-order valence-corrected chi connectivity index (χ1v) is 8.66. The van der Waals surface area contributed by atoms with Gasteiger partial charge in [-0.25, -0.2) is 4.98 Å². The Morgan fingerprint density at radius 2 is 1.85 bits per heavy atom. The molecule has 0 bridgehead atoms. The number of aromatic nitrogens is 1. The van der Waals surface area contributed by atoms with E-state index in [0.717, 1.165) is 22.7 Å². The largest absolute Gasteiger partial charge is 0.454 e. The van der Waals surface area contributed by atoms with Crippen molar-refractivity contribution in [3.8, 4) is 11.5 Å². The maximum atomic E-state index is 12.4. The minimum absolute atomic E-state index is 0.233. The molecule has 1 aliphatic rings. The Balaban J connectivity index is 1.44. The molecule has 0 radical (unpaired) electrons. The van der Waals surface area contributed by atoms with E-state index in [-0.39, 0.29) is 12.7 Å². The van der Waals surface area contributed by atoms with E-state index in [0.29, 0.717) is 22.2 Å². The molecule has 0 unspecified atom stereocenters. The van der Waals surface area contributed by atoms with E-state index in [9.17, 15) is 4.79 Å². The molecule has 0 saturated heterocycles. The quantitative estimate of drug-likeness (QED) is 0.681. The van der Waals surface area contributed by atoms with Crippen molar-refractivity contribution in [1.82, 2.24) is 4.98 Å². The van der Waals surface area contributed by atoms with E-state index >= 15 is 0 Å². The van der Waals surface area contributed by atoms with Crippen LogP contribution < -0.4 is 20.1 Å². The zero-order valence-corrected chi connectivity index (χ0v) is 15.2. The van der Waals surface area contributed by atoms with E-state index in [1.165, 1.54) is 0 Å². The predicted molar refractivity (Wildman–Crippen MR) is 104 cm³/mol. The number of benzene rings is 2. The molecule has 7 heteroatoms. The van der Waals surface area contributed by atoms with Gasteiger partial charge in [0, 0.05) is 22.5 Å². The molecule has 0 aliphatic carbocycles. The molecule has 1 amide bonds. The molecule has 4 rings (SSSR count). The van der Waals surface area contributed by atoms with Crippen LogP contribution in [0.25, 0.3) is 0 Å². The molecule has 0 fully saturated rings. The molecule has 27 heavy (non-hydrogen) atoms. The molecule has 6 nitrogen and oxygen atoms in total. The Morgan fingerprint density at radius 1 is 1.04 bits per heavy atom. The van der Waals surface area contributed by atoms with Gasteiger partial charge >= 0.3 is 0 Å². The smallest absolute Gasteiger partial charge is 0.274 e. The SMILES string of the molecule is Cc1cc(Cl)ccc1NC(=O)c1ccc(Nc2ccc3c(c2)OCO3)cn1. The average Bonchev–Trinajstić information content (AvgIpc) is 3.12. The summed E-state index contributed by atoms with van der Waals surface area (Å²) in [4.78, 5) is 16.6. The molecule has 136 valence electrons. The highest BCUT2D eigenvalue weighted by atomic mass is 35.5. The molecule has 2 N–H and O–H groups in total. The van der Waals surface area contributed by atoms with Crippen molar-refractivity contribution in [2.75, 3.05) is 17.4 Å². The predicted octanol–water partition coefficient (Wildman–Crippen LogP) is 4.77. The summed E-state index contributed by atoms with van der Waals surface area (Å²) in [5, 5.41) is 6.69. The number of carbonyl (C=O) groups is 1. The number of hydrogen-bond donors (Lipinski definition) is 2. The summed E-state index contributed by atoms with van der Waals surface area (Å²) >= 11 is 5.94. The van der Waals surface area contributed by atoms with Gasteiger partial charge in [0.2, 0.25) is 6.79 Å². The van der Waals surface area contributed by atoms with Crippen LogP contribution in [0.5, 0.6) is 11.5 Å². The van der Waals surface area contributed by atoms with Gasteiger partial charge in [0.05, 0.1) is 11.9 Å². The normalized spacial score (nSPS) is 11.9. The van der Waals surface area contributed by atoms with E-state index in [1.807, 2.05) is 25.1 Å².